The number of carboxylic acid groups (broad SMARTS) is 2. The van der Waals surface area contributed by atoms with Gasteiger partial charge in [-0.05, 0) is 118 Å². The van der Waals surface area contributed by atoms with Crippen LogP contribution in [0, 0.1) is 0 Å². The minimum absolute atomic E-state index is 0.0126. The number of pyridine rings is 1. The van der Waals surface area contributed by atoms with Crippen molar-refractivity contribution in [3.8, 4) is 0 Å². The zero-order chi connectivity index (χ0) is 86.0. The lowest BCUT2D eigenvalue weighted by atomic mass is 10.0. The maximum Gasteiger partial charge on any atom is 0.305 e. The monoisotopic (exact) mass is 1670 g/mol. The van der Waals surface area contributed by atoms with Crippen LogP contribution in [-0.2, 0) is 96.6 Å². The number of carboxylic acids is 2. The molecule has 119 heavy (non-hydrogen) atoms. The van der Waals surface area contributed by atoms with Crippen molar-refractivity contribution < 1.29 is 95.1 Å². The van der Waals surface area contributed by atoms with E-state index < -0.39 is 186 Å². The van der Waals surface area contributed by atoms with Crippen LogP contribution in [-0.4, -0.2) is 235 Å². The molecule has 2 saturated heterocycles. The van der Waals surface area contributed by atoms with E-state index in [-0.39, 0.29) is 149 Å². The van der Waals surface area contributed by atoms with Gasteiger partial charge in [-0.3, -0.25) is 86.5 Å². The van der Waals surface area contributed by atoms with Gasteiger partial charge in [0.05, 0.1) is 42.9 Å². The first-order valence-electron chi connectivity index (χ1n) is 38.8. The summed E-state index contributed by atoms with van der Waals surface area (Å²) in [5.41, 5.74) is 13.0. The number of carbonyl (C=O) groups is 15. The summed E-state index contributed by atoms with van der Waals surface area (Å²) in [6.07, 6.45) is -0.181. The normalized spacial score (nSPS) is 22.3. The van der Waals surface area contributed by atoms with Crippen LogP contribution in [0.5, 0.6) is 0 Å². The lowest BCUT2D eigenvalue weighted by Crippen LogP contribution is -2.58. The summed E-state index contributed by atoms with van der Waals surface area (Å²) in [6.45, 7) is -1.22. The summed E-state index contributed by atoms with van der Waals surface area (Å²) < 4.78 is 33.6. The molecular weight excluding hydrogens is 1570 g/mol. The molecule has 42 nitrogen and oxygen atoms in total. The number of unbranched alkanes of at least 4 members (excludes halogenated alkanes) is 2. The fourth-order valence-corrected chi connectivity index (χ4v) is 13.9. The van der Waals surface area contributed by atoms with Gasteiger partial charge in [-0.2, -0.15) is 13.5 Å². The molecule has 3 aromatic carbocycles. The van der Waals surface area contributed by atoms with E-state index in [1.165, 1.54) is 36.4 Å². The van der Waals surface area contributed by atoms with Gasteiger partial charge in [0.2, 0.25) is 70.9 Å². The first-order chi connectivity index (χ1) is 56.9. The number of aromatic nitrogens is 1. The van der Waals surface area contributed by atoms with Crippen molar-refractivity contribution in [2.45, 2.75) is 193 Å². The van der Waals surface area contributed by atoms with Gasteiger partial charge < -0.3 is 101 Å². The smallest absolute Gasteiger partial charge is 0.305 e. The standard InChI is InChI=1S/C76H100N22O20S/c77-75-81-33-29-47(87-75)22-24-51-67(108)84-41-61(100)89-56(37-63(102)103)73(114)96-54(35-43-13-3-1-4-14-43)71(112)92-49(69(110)94-51)18-9-11-31-79-60(99)28-26-53(91-65(106)46-21-27-59(83-39-46)98-86-40-45-17-7-8-20-58(45)119(116,117)118)66(107)80-32-12-10-19-50-70(111)95-52(25-23-48-30-34-82-76(78)88-48)68(109)85-42-62(101)90-57(38-64(104)105)74(115)97-55(72(113)93-50)36-44-15-5-2-6-16-44/h1-8,13-17,20-21,27,39,47-57H,9-12,18-19,22-26,28-38,40-42H2,(H,79,99)(H,80,107)(H,84,108)(H,85,109)(H,89,100)(H,90,101)(H,91,106)(H,92,112)(H,93,113)(H,94,110)(H,95,111)(H,96,114)(H,97,115)(H,102,103)(H,104,105)(H3,77,81,87)(H3,78,82,88)(H,116,117,118)/t47?,48?,49-,50?,51-,52-,53-,54+,55+,56-,57-/m0/s1. The van der Waals surface area contributed by atoms with Crippen molar-refractivity contribution in [3.05, 3.63) is 126 Å². The van der Waals surface area contributed by atoms with Gasteiger partial charge >= 0.3 is 11.9 Å². The predicted octanol–water partition coefficient (Wildman–Crippen LogP) is -3.45. The van der Waals surface area contributed by atoms with Crippen molar-refractivity contribution >= 4 is 117 Å². The highest BCUT2D eigenvalue weighted by atomic mass is 32.2. The second-order valence-electron chi connectivity index (χ2n) is 28.7. The molecule has 22 N–H and O–H groups in total. The average Bonchev–Trinajstić information content (AvgIpc) is 1.56. The molecule has 0 radical (unpaired) electrons. The SMILES string of the molecule is NC1=NCCC(CC[C@@H]2NC(=O)C(CCCCNC(=O)[C@H](CCC(=O)NCCCC[C@@H]3NC(=O)[C@@H](Cc4ccccc4)NC(=O)[C@H](CC(=O)O)NC(=O)CNC(=O)[C@H](CCC4CCN=C(N)N4)NC3=O)NC(=O)c3ccc(N=NCc4ccccc4S(=O)(=O)O)nc3)NC(=O)[C@@H](Cc3ccccc3)NC(=O)[C@H](CC(=O)O)NC(=O)CNC2=O)N1. The summed E-state index contributed by atoms with van der Waals surface area (Å²) in [7, 11) is -4.60. The van der Waals surface area contributed by atoms with Crippen LogP contribution in [0.2, 0.25) is 0 Å². The Morgan fingerprint density at radius 3 is 1.39 bits per heavy atom. The van der Waals surface area contributed by atoms with E-state index in [1.807, 2.05) is 0 Å². The second kappa shape index (κ2) is 46.0. The lowest BCUT2D eigenvalue weighted by molar-refractivity contribution is -0.141. The largest absolute Gasteiger partial charge is 0.481 e. The topological polar surface area (TPSA) is 646 Å². The fraction of sp³-hybridized carbons (Fsp3) is 0.474. The fourth-order valence-electron chi connectivity index (χ4n) is 13.2. The van der Waals surface area contributed by atoms with Gasteiger partial charge in [-0.1, -0.05) is 78.9 Å². The van der Waals surface area contributed by atoms with E-state index in [0.717, 1.165) is 6.20 Å². The summed E-state index contributed by atoms with van der Waals surface area (Å²) >= 11 is 0. The molecule has 0 saturated carbocycles. The number of guanidine groups is 2. The predicted molar refractivity (Wildman–Crippen MR) is 424 cm³/mol. The van der Waals surface area contributed by atoms with Gasteiger partial charge in [0.15, 0.2) is 17.7 Å². The Kier molecular flexibility index (Phi) is 35.3. The number of hydrogen-bond acceptors (Lipinski definition) is 26. The molecule has 0 spiro atoms. The number of amides is 13. The van der Waals surface area contributed by atoms with E-state index in [2.05, 4.69) is 105 Å². The van der Waals surface area contributed by atoms with Crippen LogP contribution in [0.4, 0.5) is 5.82 Å². The number of azo groups is 1. The first kappa shape index (κ1) is 91.4. The Morgan fingerprint density at radius 2 is 0.933 bits per heavy atom. The summed E-state index contributed by atoms with van der Waals surface area (Å²) in [5.74, 6) is -14.1. The Labute approximate surface area is 683 Å². The van der Waals surface area contributed by atoms with Crippen molar-refractivity contribution in [2.24, 2.45) is 31.7 Å². The number of nitrogens with one attached hydrogen (secondary N) is 15. The molecule has 0 bridgehead atoms. The number of nitrogens with zero attached hydrogens (tertiary/aromatic N) is 5. The van der Waals surface area contributed by atoms with Crippen LogP contribution in [0.1, 0.15) is 130 Å². The summed E-state index contributed by atoms with van der Waals surface area (Å²) in [5, 5.41) is 67.0. The molecule has 11 atom stereocenters. The van der Waals surface area contributed by atoms with Gasteiger partial charge in [-0.25, -0.2) is 4.98 Å². The van der Waals surface area contributed by atoms with Crippen molar-refractivity contribution in [1.29, 1.82) is 0 Å². The molecule has 4 aliphatic rings. The van der Waals surface area contributed by atoms with Crippen molar-refractivity contribution in [1.82, 2.24) is 84.7 Å². The molecule has 2 fully saturated rings. The maximum atomic E-state index is 14.6. The molecule has 1 aromatic heterocycles. The maximum absolute atomic E-state index is 14.6. The van der Waals surface area contributed by atoms with Crippen LogP contribution in [0.25, 0.3) is 0 Å². The Hall–Kier alpha value is -13.1. The van der Waals surface area contributed by atoms with Gasteiger partial charge in [-0.15, -0.1) is 5.11 Å². The first-order valence-corrected chi connectivity index (χ1v) is 40.2. The minimum atomic E-state index is -4.60. The van der Waals surface area contributed by atoms with Gasteiger partial charge in [0.1, 0.15) is 54.4 Å². The third-order valence-corrected chi connectivity index (χ3v) is 20.5. The third kappa shape index (κ3) is 31.1. The molecule has 13 amide bonds. The van der Waals surface area contributed by atoms with E-state index in [9.17, 15) is 95.1 Å². The zero-order valence-corrected chi connectivity index (χ0v) is 65.7. The van der Waals surface area contributed by atoms with Gasteiger partial charge in [0.25, 0.3) is 16.0 Å². The molecule has 5 heterocycles. The lowest BCUT2D eigenvalue weighted by Gasteiger charge is -2.27. The molecule has 640 valence electrons. The summed E-state index contributed by atoms with van der Waals surface area (Å²) in [4.78, 5) is 218. The molecular formula is C76H100N22O20S. The Morgan fingerprint density at radius 1 is 0.496 bits per heavy atom. The highest BCUT2D eigenvalue weighted by molar-refractivity contribution is 7.85. The second-order valence-corrected chi connectivity index (χ2v) is 30.0. The highest BCUT2D eigenvalue weighted by Gasteiger charge is 2.37. The minimum Gasteiger partial charge on any atom is -0.481 e. The molecule has 4 aliphatic heterocycles. The average molecular weight is 1670 g/mol. The molecule has 8 rings (SSSR count). The van der Waals surface area contributed by atoms with E-state index in [4.69, 9.17) is 11.5 Å². The molecule has 4 aromatic rings. The van der Waals surface area contributed by atoms with Crippen molar-refractivity contribution in [3.63, 3.8) is 0 Å². The third-order valence-electron chi connectivity index (χ3n) is 19.5. The number of benzene rings is 3. The Bertz CT molecular complexity index is 4500. The van der Waals surface area contributed by atoms with Crippen LogP contribution < -0.4 is 91.2 Å². The number of carbonyl (C=O) groups excluding carboxylic acids is 13. The van der Waals surface area contributed by atoms with E-state index >= 15 is 0 Å². The zero-order valence-electron chi connectivity index (χ0n) is 64.9. The number of aliphatic imine (C=N–C) groups is 2. The van der Waals surface area contributed by atoms with Crippen LogP contribution in [0.3, 0.4) is 0 Å². The van der Waals surface area contributed by atoms with Crippen LogP contribution >= 0.6 is 0 Å². The number of aliphatic carboxylic acids is 2. The molecule has 0 aliphatic carbocycles. The molecule has 3 unspecified atom stereocenters. The highest BCUT2D eigenvalue weighted by Crippen LogP contribution is 2.20. The van der Waals surface area contributed by atoms with E-state index in [0.29, 0.717) is 37.1 Å². The number of nitrogens with two attached hydrogens (primary N) is 2. The Balaban J connectivity index is 0.972. The number of hydrogen-bond donors (Lipinski definition) is 20. The van der Waals surface area contributed by atoms with Crippen molar-refractivity contribution in [2.75, 3.05) is 39.3 Å². The quantitative estimate of drug-likeness (QED) is 0.0123. The van der Waals surface area contributed by atoms with Gasteiger partial charge in [0, 0.05) is 63.7 Å². The van der Waals surface area contributed by atoms with Crippen LogP contribution in [0.15, 0.2) is 128 Å². The van der Waals surface area contributed by atoms with E-state index in [1.54, 1.807) is 60.7 Å². The summed E-state index contributed by atoms with van der Waals surface area (Å²) in [6, 6.07) is 11.0. The number of rotatable bonds is 34. The molecule has 43 heteroatoms.